The Morgan fingerprint density at radius 3 is 2.40 bits per heavy atom. The third-order valence-corrected chi connectivity index (χ3v) is 5.10. The van der Waals surface area contributed by atoms with Crippen LogP contribution in [0.5, 0.6) is 0 Å². The maximum atomic E-state index is 12.9. The number of benzene rings is 1. The van der Waals surface area contributed by atoms with Gasteiger partial charge in [0.2, 0.25) is 5.91 Å². The molecule has 0 spiro atoms. The number of anilines is 2. The summed E-state index contributed by atoms with van der Waals surface area (Å²) in [4.78, 5) is 14.6. The van der Waals surface area contributed by atoms with Gasteiger partial charge in [0.05, 0.1) is 11.6 Å². The molecule has 3 heterocycles. The van der Waals surface area contributed by atoms with Crippen LogP contribution >= 0.6 is 0 Å². The van der Waals surface area contributed by atoms with Gasteiger partial charge in [-0.25, -0.2) is 0 Å². The van der Waals surface area contributed by atoms with Crippen LogP contribution in [0.4, 0.5) is 11.5 Å². The first-order valence-electron chi connectivity index (χ1n) is 8.96. The molecule has 4 rings (SSSR count). The average molecular weight is 337 g/mol. The van der Waals surface area contributed by atoms with Gasteiger partial charge in [0, 0.05) is 19.3 Å². The van der Waals surface area contributed by atoms with E-state index in [0.717, 1.165) is 31.9 Å². The van der Waals surface area contributed by atoms with Crippen LogP contribution in [0.2, 0.25) is 0 Å². The minimum Gasteiger partial charge on any atom is -0.317 e. The summed E-state index contributed by atoms with van der Waals surface area (Å²) >= 11 is 0. The van der Waals surface area contributed by atoms with E-state index >= 15 is 0 Å². The molecule has 25 heavy (non-hydrogen) atoms. The van der Waals surface area contributed by atoms with Gasteiger partial charge in [-0.2, -0.15) is 5.10 Å². The first kappa shape index (κ1) is 16.2. The Hall–Kier alpha value is -2.31. The van der Waals surface area contributed by atoms with E-state index in [-0.39, 0.29) is 11.8 Å². The van der Waals surface area contributed by atoms with Gasteiger partial charge < -0.3 is 10.6 Å². The molecule has 1 amide bonds. The van der Waals surface area contributed by atoms with Crippen molar-refractivity contribution in [2.45, 2.75) is 18.8 Å². The zero-order valence-electron chi connectivity index (χ0n) is 14.2. The molecule has 130 valence electrons. The van der Waals surface area contributed by atoms with Crippen molar-refractivity contribution in [3.63, 3.8) is 0 Å². The molecule has 2 fully saturated rings. The molecule has 0 saturated carbocycles. The van der Waals surface area contributed by atoms with Crippen LogP contribution in [0.3, 0.4) is 0 Å². The van der Waals surface area contributed by atoms with Crippen molar-refractivity contribution in [1.82, 2.24) is 20.8 Å². The first-order valence-corrected chi connectivity index (χ1v) is 8.96. The zero-order valence-corrected chi connectivity index (χ0v) is 14.2. The molecule has 2 N–H and O–H groups in total. The van der Waals surface area contributed by atoms with Crippen molar-refractivity contribution in [3.8, 4) is 0 Å². The topological polar surface area (TPSA) is 70.2 Å². The molecule has 1 aromatic heterocycles. The van der Waals surface area contributed by atoms with Gasteiger partial charge in [-0.3, -0.25) is 9.69 Å². The number of rotatable bonds is 4. The summed E-state index contributed by atoms with van der Waals surface area (Å²) < 4.78 is 0. The Labute approximate surface area is 147 Å². The van der Waals surface area contributed by atoms with Crippen molar-refractivity contribution in [1.29, 1.82) is 0 Å². The molecule has 2 aromatic rings. The monoisotopic (exact) mass is 337 g/mol. The average Bonchev–Trinajstić information content (AvgIpc) is 2.63. The van der Waals surface area contributed by atoms with Crippen LogP contribution in [0.15, 0.2) is 42.6 Å². The number of aromatic nitrogens is 2. The normalized spacial score (nSPS) is 18.6. The first-order chi connectivity index (χ1) is 12.3. The maximum Gasteiger partial charge on any atom is 0.238 e. The van der Waals surface area contributed by atoms with Crippen molar-refractivity contribution in [2.24, 2.45) is 5.92 Å². The minimum absolute atomic E-state index is 0.00565. The van der Waals surface area contributed by atoms with Gasteiger partial charge in [0.25, 0.3) is 0 Å². The van der Waals surface area contributed by atoms with Gasteiger partial charge in [0.15, 0.2) is 5.82 Å². The van der Waals surface area contributed by atoms with Crippen LogP contribution < -0.4 is 15.5 Å². The van der Waals surface area contributed by atoms with E-state index in [1.54, 1.807) is 11.1 Å². The molecule has 0 bridgehead atoms. The fourth-order valence-corrected chi connectivity index (χ4v) is 3.48. The fourth-order valence-electron chi connectivity index (χ4n) is 3.48. The Bertz CT molecular complexity index is 708. The lowest BCUT2D eigenvalue weighted by Gasteiger charge is -2.32. The summed E-state index contributed by atoms with van der Waals surface area (Å²) in [5, 5.41) is 14.7. The van der Waals surface area contributed by atoms with Crippen LogP contribution in [-0.2, 0) is 4.79 Å². The molecule has 0 unspecified atom stereocenters. The van der Waals surface area contributed by atoms with Crippen molar-refractivity contribution < 1.29 is 4.79 Å². The highest BCUT2D eigenvalue weighted by atomic mass is 16.2. The lowest BCUT2D eigenvalue weighted by Crippen LogP contribution is -2.51. The lowest BCUT2D eigenvalue weighted by molar-refractivity contribution is -0.123. The zero-order chi connectivity index (χ0) is 17.1. The molecular formula is C19H23N5O. The second kappa shape index (κ2) is 7.29. The molecule has 0 atom stereocenters. The number of amides is 1. The van der Waals surface area contributed by atoms with Crippen molar-refractivity contribution >= 4 is 17.4 Å². The van der Waals surface area contributed by atoms with E-state index in [1.165, 1.54) is 18.4 Å². The Morgan fingerprint density at radius 2 is 1.80 bits per heavy atom. The van der Waals surface area contributed by atoms with Crippen LogP contribution in [0, 0.1) is 5.92 Å². The van der Waals surface area contributed by atoms with Crippen molar-refractivity contribution in [3.05, 3.63) is 48.2 Å². The molecule has 6 heteroatoms. The third-order valence-electron chi connectivity index (χ3n) is 5.10. The molecule has 1 aromatic carbocycles. The predicted molar refractivity (Wildman–Crippen MR) is 96.8 cm³/mol. The maximum absolute atomic E-state index is 12.9. The molecule has 2 aliphatic heterocycles. The standard InChI is InChI=1S/C19H23N5O/c25-19(16-12-21-13-16)24(18-2-1-9-22-23-18)17-5-3-14(4-6-17)15-7-10-20-11-8-15/h1-6,9,15-16,20-21H,7-8,10-13H2. The SMILES string of the molecule is O=C(C1CNC1)N(c1ccc(C2CCNCC2)cc1)c1cccnn1. The second-order valence-electron chi connectivity index (χ2n) is 6.73. The lowest BCUT2D eigenvalue weighted by atomic mass is 9.90. The van der Waals surface area contributed by atoms with Crippen LogP contribution in [-0.4, -0.2) is 42.3 Å². The number of carbonyl (C=O) groups excluding carboxylic acids is 1. The number of hydrogen-bond donors (Lipinski definition) is 2. The highest BCUT2D eigenvalue weighted by Crippen LogP contribution is 2.30. The molecular weight excluding hydrogens is 314 g/mol. The van der Waals surface area contributed by atoms with Crippen molar-refractivity contribution in [2.75, 3.05) is 31.1 Å². The number of nitrogens with zero attached hydrogens (tertiary/aromatic N) is 3. The van der Waals surface area contributed by atoms with Gasteiger partial charge in [-0.05, 0) is 61.7 Å². The Balaban J connectivity index is 1.61. The van der Waals surface area contributed by atoms with E-state index in [0.29, 0.717) is 11.7 Å². The number of carbonyl (C=O) groups is 1. The summed E-state index contributed by atoms with van der Waals surface area (Å²) in [5.74, 6) is 1.26. The molecule has 2 saturated heterocycles. The Morgan fingerprint density at radius 1 is 1.04 bits per heavy atom. The summed E-state index contributed by atoms with van der Waals surface area (Å²) in [6.07, 6.45) is 3.96. The molecule has 2 aliphatic rings. The fraction of sp³-hybridized carbons (Fsp3) is 0.421. The van der Waals surface area contributed by atoms with E-state index in [1.807, 2.05) is 24.3 Å². The number of piperidine rings is 1. The molecule has 0 aliphatic carbocycles. The van der Waals surface area contributed by atoms with Gasteiger partial charge in [-0.1, -0.05) is 12.1 Å². The predicted octanol–water partition coefficient (Wildman–Crippen LogP) is 1.83. The minimum atomic E-state index is 0.00565. The molecule has 0 radical (unpaired) electrons. The van der Waals surface area contributed by atoms with Gasteiger partial charge in [-0.15, -0.1) is 5.10 Å². The van der Waals surface area contributed by atoms with Gasteiger partial charge in [0.1, 0.15) is 0 Å². The summed E-state index contributed by atoms with van der Waals surface area (Å²) in [5.41, 5.74) is 2.21. The Kier molecular flexibility index (Phi) is 4.72. The van der Waals surface area contributed by atoms with E-state index in [4.69, 9.17) is 0 Å². The second-order valence-corrected chi connectivity index (χ2v) is 6.73. The highest BCUT2D eigenvalue weighted by Gasteiger charge is 2.31. The molecule has 6 nitrogen and oxygen atoms in total. The largest absolute Gasteiger partial charge is 0.317 e. The van der Waals surface area contributed by atoms with Crippen LogP contribution in [0.1, 0.15) is 24.3 Å². The number of hydrogen-bond acceptors (Lipinski definition) is 5. The smallest absolute Gasteiger partial charge is 0.238 e. The third kappa shape index (κ3) is 3.41. The number of nitrogens with one attached hydrogen (secondary N) is 2. The van der Waals surface area contributed by atoms with Crippen LogP contribution in [0.25, 0.3) is 0 Å². The van der Waals surface area contributed by atoms with E-state index in [9.17, 15) is 4.79 Å². The summed E-state index contributed by atoms with van der Waals surface area (Å²) in [6, 6.07) is 12.0. The summed E-state index contributed by atoms with van der Waals surface area (Å²) in [6.45, 7) is 3.60. The van der Waals surface area contributed by atoms with E-state index < -0.39 is 0 Å². The van der Waals surface area contributed by atoms with E-state index in [2.05, 4.69) is 33.0 Å². The highest BCUT2D eigenvalue weighted by molar-refractivity contribution is 6.01. The summed E-state index contributed by atoms with van der Waals surface area (Å²) in [7, 11) is 0. The van der Waals surface area contributed by atoms with Gasteiger partial charge >= 0.3 is 0 Å². The quantitative estimate of drug-likeness (QED) is 0.891.